The first-order valence-electron chi connectivity index (χ1n) is 19.2. The smallest absolute Gasteiger partial charge is 0.238 e. The molecule has 0 atom stereocenters. The van der Waals surface area contributed by atoms with E-state index in [0.29, 0.717) is 17.6 Å². The van der Waals surface area contributed by atoms with Gasteiger partial charge in [-0.05, 0) is 65.6 Å². The number of benzene rings is 7. The lowest BCUT2D eigenvalue weighted by Crippen LogP contribution is -2.08. The van der Waals surface area contributed by atoms with E-state index in [9.17, 15) is 0 Å². The van der Waals surface area contributed by atoms with E-state index in [1.165, 1.54) is 16.5 Å². The van der Waals surface area contributed by atoms with Crippen molar-refractivity contribution in [2.75, 3.05) is 0 Å². The fourth-order valence-corrected chi connectivity index (χ4v) is 8.11. The van der Waals surface area contributed by atoms with Gasteiger partial charge in [0.2, 0.25) is 5.95 Å². The van der Waals surface area contributed by atoms with Gasteiger partial charge in [-0.3, -0.25) is 4.57 Å². The molecular formula is C52H37N5. The minimum Gasteiger partial charge on any atom is -0.307 e. The van der Waals surface area contributed by atoms with Crippen LogP contribution in [0, 0.1) is 0 Å². The summed E-state index contributed by atoms with van der Waals surface area (Å²) in [4.78, 5) is 15.8. The first-order chi connectivity index (χ1) is 28.2. The minimum atomic E-state index is 0.527. The maximum absolute atomic E-state index is 5.37. The zero-order chi connectivity index (χ0) is 38.3. The third-order valence-electron chi connectivity index (χ3n) is 10.7. The fraction of sp³-hybridized carbons (Fsp3) is 0.0192. The molecule has 10 rings (SSSR count). The summed E-state index contributed by atoms with van der Waals surface area (Å²) < 4.78 is 4.57. The second-order valence-electron chi connectivity index (χ2n) is 14.1. The van der Waals surface area contributed by atoms with Crippen LogP contribution < -0.4 is 0 Å². The number of rotatable bonds is 8. The van der Waals surface area contributed by atoms with Crippen molar-refractivity contribution in [3.63, 3.8) is 0 Å². The third kappa shape index (κ3) is 5.85. The molecule has 0 aliphatic heterocycles. The Kier molecular flexibility index (Phi) is 8.46. The maximum atomic E-state index is 5.37. The predicted octanol–water partition coefficient (Wildman–Crippen LogP) is 13.3. The molecule has 0 saturated heterocycles. The van der Waals surface area contributed by atoms with Crippen molar-refractivity contribution in [2.45, 2.75) is 6.92 Å². The Morgan fingerprint density at radius 2 is 0.982 bits per heavy atom. The summed E-state index contributed by atoms with van der Waals surface area (Å²) in [5.74, 6) is 1.71. The molecule has 0 N–H and O–H groups in total. The van der Waals surface area contributed by atoms with Crippen LogP contribution in [0.25, 0.3) is 102 Å². The maximum Gasteiger partial charge on any atom is 0.238 e. The summed E-state index contributed by atoms with van der Waals surface area (Å²) in [5.41, 5.74) is 12.6. The van der Waals surface area contributed by atoms with Crippen molar-refractivity contribution in [1.29, 1.82) is 0 Å². The van der Waals surface area contributed by atoms with Crippen molar-refractivity contribution >= 4 is 44.9 Å². The van der Waals surface area contributed by atoms with E-state index < -0.39 is 0 Å². The number of hydrogen-bond acceptors (Lipinski definition) is 3. The van der Waals surface area contributed by atoms with Gasteiger partial charge < -0.3 is 4.57 Å². The monoisotopic (exact) mass is 731 g/mol. The Hall–Kier alpha value is -7.63. The number of hydrogen-bond donors (Lipinski definition) is 0. The second kappa shape index (κ2) is 14.2. The van der Waals surface area contributed by atoms with Crippen molar-refractivity contribution < 1.29 is 0 Å². The molecule has 7 aromatic carbocycles. The van der Waals surface area contributed by atoms with E-state index in [2.05, 4.69) is 180 Å². The van der Waals surface area contributed by atoms with E-state index >= 15 is 0 Å². The lowest BCUT2D eigenvalue weighted by atomic mass is 9.98. The zero-order valence-electron chi connectivity index (χ0n) is 31.4. The summed E-state index contributed by atoms with van der Waals surface area (Å²) in [6.07, 6.45) is 6.14. The summed E-state index contributed by atoms with van der Waals surface area (Å²) in [6.45, 7) is 6.36. The topological polar surface area (TPSA) is 48.5 Å². The van der Waals surface area contributed by atoms with Crippen LogP contribution in [0.2, 0.25) is 0 Å². The summed E-state index contributed by atoms with van der Waals surface area (Å²) in [7, 11) is 0. The Balaban J connectivity index is 1.26. The molecule has 0 aliphatic carbocycles. The highest BCUT2D eigenvalue weighted by molar-refractivity contribution is 6.19. The Bertz CT molecular complexity index is 3140. The quantitative estimate of drug-likeness (QED) is 0.156. The zero-order valence-corrected chi connectivity index (χ0v) is 31.4. The van der Waals surface area contributed by atoms with E-state index in [-0.39, 0.29) is 0 Å². The first-order valence-corrected chi connectivity index (χ1v) is 19.2. The van der Waals surface area contributed by atoms with Gasteiger partial charge in [0.05, 0.1) is 22.2 Å². The van der Waals surface area contributed by atoms with E-state index in [1.807, 2.05) is 37.3 Å². The van der Waals surface area contributed by atoms with E-state index in [1.54, 1.807) is 0 Å². The molecule has 10 aromatic rings. The average molecular weight is 732 g/mol. The molecule has 0 fully saturated rings. The SMILES string of the molecule is C=Cc1c(/C=C\C)n(-c2nc(-c3ccccc3)nc(-c3cccc(-c4cccc(-c5ccccc5)c4)c3)n2)c2c1ccc1c3ccccc3n(-c3ccccc3)c12. The summed E-state index contributed by atoms with van der Waals surface area (Å²) in [5, 5.41) is 3.38. The van der Waals surface area contributed by atoms with Gasteiger partial charge in [0.1, 0.15) is 0 Å². The first kappa shape index (κ1) is 33.9. The molecule has 5 nitrogen and oxygen atoms in total. The van der Waals surface area contributed by atoms with Crippen LogP contribution in [0.15, 0.2) is 189 Å². The van der Waals surface area contributed by atoms with Crippen molar-refractivity contribution in [3.05, 3.63) is 200 Å². The number of aromatic nitrogens is 5. The Morgan fingerprint density at radius 1 is 0.456 bits per heavy atom. The van der Waals surface area contributed by atoms with E-state index in [0.717, 1.165) is 66.5 Å². The molecule has 0 saturated carbocycles. The molecule has 0 amide bonds. The van der Waals surface area contributed by atoms with Crippen LogP contribution in [0.1, 0.15) is 18.2 Å². The van der Waals surface area contributed by atoms with Crippen LogP contribution in [0.4, 0.5) is 0 Å². The number of allylic oxidation sites excluding steroid dienone is 1. The van der Waals surface area contributed by atoms with Crippen LogP contribution in [-0.2, 0) is 0 Å². The summed E-state index contributed by atoms with van der Waals surface area (Å²) in [6, 6.07) is 61.4. The van der Waals surface area contributed by atoms with Crippen LogP contribution in [0.3, 0.4) is 0 Å². The predicted molar refractivity (Wildman–Crippen MR) is 238 cm³/mol. The highest BCUT2D eigenvalue weighted by Crippen LogP contribution is 2.41. The molecule has 0 unspecified atom stereocenters. The third-order valence-corrected chi connectivity index (χ3v) is 10.7. The van der Waals surface area contributed by atoms with Gasteiger partial charge in [-0.15, -0.1) is 0 Å². The molecule has 0 bridgehead atoms. The molecule has 270 valence electrons. The van der Waals surface area contributed by atoms with Crippen LogP contribution in [-0.4, -0.2) is 24.1 Å². The average Bonchev–Trinajstić information content (AvgIpc) is 3.79. The molecular weight excluding hydrogens is 695 g/mol. The van der Waals surface area contributed by atoms with Gasteiger partial charge >= 0.3 is 0 Å². The molecule has 0 radical (unpaired) electrons. The van der Waals surface area contributed by atoms with Gasteiger partial charge in [-0.25, -0.2) is 4.98 Å². The van der Waals surface area contributed by atoms with E-state index in [4.69, 9.17) is 15.0 Å². The Labute approximate surface area is 331 Å². The summed E-state index contributed by atoms with van der Waals surface area (Å²) >= 11 is 0. The lowest BCUT2D eigenvalue weighted by molar-refractivity contribution is 0.926. The number of para-hydroxylation sites is 2. The molecule has 5 heteroatoms. The van der Waals surface area contributed by atoms with Gasteiger partial charge in [0.25, 0.3) is 0 Å². The lowest BCUT2D eigenvalue weighted by Gasteiger charge is -2.14. The number of fused-ring (bicyclic) bond motifs is 5. The molecule has 57 heavy (non-hydrogen) atoms. The molecule has 0 spiro atoms. The second-order valence-corrected chi connectivity index (χ2v) is 14.1. The van der Waals surface area contributed by atoms with Gasteiger partial charge in [0.15, 0.2) is 11.6 Å². The van der Waals surface area contributed by atoms with Gasteiger partial charge in [-0.2, -0.15) is 9.97 Å². The van der Waals surface area contributed by atoms with Crippen LogP contribution >= 0.6 is 0 Å². The molecule has 3 aromatic heterocycles. The van der Waals surface area contributed by atoms with Crippen molar-refractivity contribution in [3.8, 4) is 56.7 Å². The minimum absolute atomic E-state index is 0.527. The fourth-order valence-electron chi connectivity index (χ4n) is 8.11. The molecule has 3 heterocycles. The normalized spacial score (nSPS) is 11.6. The largest absolute Gasteiger partial charge is 0.307 e. The Morgan fingerprint density at radius 3 is 1.67 bits per heavy atom. The standard InChI is InChI=1S/C52H37N5/c1-3-18-46-42(4-2)44-31-32-45-43-29-14-15-30-47(43)56(41-27-12-7-13-28-41)48(45)49(44)57(46)52-54-50(36-21-10-6-11-22-36)53-51(55-52)40-26-17-25-39(34-40)38-24-16-23-37(33-38)35-19-8-5-9-20-35/h3-34H,2H2,1H3/b18-3-. The van der Waals surface area contributed by atoms with Crippen molar-refractivity contribution in [1.82, 2.24) is 24.1 Å². The van der Waals surface area contributed by atoms with Crippen molar-refractivity contribution in [2.24, 2.45) is 0 Å². The van der Waals surface area contributed by atoms with Gasteiger partial charge in [0, 0.05) is 38.5 Å². The van der Waals surface area contributed by atoms with Crippen LogP contribution in [0.5, 0.6) is 0 Å². The molecule has 0 aliphatic rings. The highest BCUT2D eigenvalue weighted by Gasteiger charge is 2.25. The van der Waals surface area contributed by atoms with Gasteiger partial charge in [-0.1, -0.05) is 164 Å². The highest BCUT2D eigenvalue weighted by atomic mass is 15.2. The number of nitrogens with zero attached hydrogens (tertiary/aromatic N) is 5.